The average molecular weight is 645 g/mol. The Hall–Kier alpha value is -4.94. The van der Waals surface area contributed by atoms with Crippen LogP contribution in [0.4, 0.5) is 10.8 Å². The van der Waals surface area contributed by atoms with Gasteiger partial charge in [0.1, 0.15) is 11.4 Å². The first kappa shape index (κ1) is 33.0. The maximum absolute atomic E-state index is 13.3. The van der Waals surface area contributed by atoms with E-state index in [1.54, 1.807) is 111 Å². The molecule has 1 unspecified atom stereocenters. The van der Waals surface area contributed by atoms with E-state index in [0.29, 0.717) is 40.0 Å². The topological polar surface area (TPSA) is 136 Å². The highest BCUT2D eigenvalue weighted by Gasteiger charge is 2.18. The third-order valence-corrected chi connectivity index (χ3v) is 8.08. The van der Waals surface area contributed by atoms with Crippen molar-refractivity contribution in [2.45, 2.75) is 30.4 Å². The van der Waals surface area contributed by atoms with Crippen LogP contribution in [0.25, 0.3) is 6.08 Å². The van der Waals surface area contributed by atoms with E-state index in [2.05, 4.69) is 20.9 Å². The van der Waals surface area contributed by atoms with E-state index in [1.165, 1.54) is 23.1 Å². The van der Waals surface area contributed by atoms with Gasteiger partial charge in [0, 0.05) is 21.5 Å². The van der Waals surface area contributed by atoms with Crippen molar-refractivity contribution in [2.24, 2.45) is 0 Å². The van der Waals surface area contributed by atoms with Gasteiger partial charge in [-0.1, -0.05) is 30.3 Å². The van der Waals surface area contributed by atoms with Crippen molar-refractivity contribution in [3.8, 4) is 5.75 Å². The molecule has 0 aliphatic heterocycles. The molecule has 12 heteroatoms. The molecular formula is C33H32N4O6S2. The lowest BCUT2D eigenvalue weighted by molar-refractivity contribution is -0.142. The number of nitrogens with one attached hydrogen (secondary N) is 3. The molecule has 0 bridgehead atoms. The van der Waals surface area contributed by atoms with Gasteiger partial charge in [-0.25, -0.2) is 4.98 Å². The quantitative estimate of drug-likeness (QED) is 0.0946. The molecule has 3 aromatic carbocycles. The van der Waals surface area contributed by atoms with Crippen LogP contribution in [0.1, 0.15) is 35.5 Å². The number of esters is 1. The van der Waals surface area contributed by atoms with Gasteiger partial charge in [-0.05, 0) is 74.0 Å². The molecule has 232 valence electrons. The van der Waals surface area contributed by atoms with Gasteiger partial charge in [0.2, 0.25) is 5.91 Å². The number of hydrogen-bond donors (Lipinski definition) is 3. The highest BCUT2D eigenvalue weighted by Crippen LogP contribution is 2.26. The number of aromatic nitrogens is 1. The van der Waals surface area contributed by atoms with Crippen LogP contribution in [0.3, 0.4) is 0 Å². The number of anilines is 2. The molecule has 0 saturated carbocycles. The Morgan fingerprint density at radius 3 is 2.33 bits per heavy atom. The summed E-state index contributed by atoms with van der Waals surface area (Å²) in [5.41, 5.74) is 2.21. The Morgan fingerprint density at radius 1 is 0.956 bits per heavy atom. The molecule has 1 atom stereocenters. The zero-order chi connectivity index (χ0) is 32.2. The molecule has 10 nitrogen and oxygen atoms in total. The van der Waals surface area contributed by atoms with E-state index < -0.39 is 17.1 Å². The molecule has 45 heavy (non-hydrogen) atoms. The Bertz CT molecular complexity index is 1650. The first-order valence-corrected chi connectivity index (χ1v) is 15.7. The summed E-state index contributed by atoms with van der Waals surface area (Å²) in [5.74, 6) is -0.867. The Kier molecular flexibility index (Phi) is 11.9. The van der Waals surface area contributed by atoms with Crippen LogP contribution in [0.5, 0.6) is 5.75 Å². The Morgan fingerprint density at radius 2 is 1.67 bits per heavy atom. The zero-order valence-electron chi connectivity index (χ0n) is 24.9. The van der Waals surface area contributed by atoms with Gasteiger partial charge in [-0.15, -0.1) is 23.1 Å². The number of thioether (sulfide) groups is 1. The summed E-state index contributed by atoms with van der Waals surface area (Å²) in [6.45, 7) is 3.81. The first-order valence-electron chi connectivity index (χ1n) is 13.9. The minimum atomic E-state index is -0.506. The second-order valence-electron chi connectivity index (χ2n) is 9.50. The number of rotatable bonds is 13. The summed E-state index contributed by atoms with van der Waals surface area (Å²) < 4.78 is 10.1. The molecule has 4 aromatic rings. The van der Waals surface area contributed by atoms with Crippen molar-refractivity contribution in [1.82, 2.24) is 10.3 Å². The molecule has 1 heterocycles. The smallest absolute Gasteiger partial charge is 0.311 e. The SMILES string of the molecule is CCOC(=O)Cc1csc(NC(=O)C(C)Sc2ccc(NC(=O)/C(=C/c3ccc(OC)cc3)NC(=O)c3ccccc3)cc2)n1. The van der Waals surface area contributed by atoms with Gasteiger partial charge < -0.3 is 25.4 Å². The van der Waals surface area contributed by atoms with E-state index >= 15 is 0 Å². The Labute approximate surface area is 269 Å². The Balaban J connectivity index is 1.38. The number of carbonyl (C=O) groups excluding carboxylic acids is 4. The molecule has 0 spiro atoms. The number of carbonyl (C=O) groups is 4. The van der Waals surface area contributed by atoms with Crippen LogP contribution in [0, 0.1) is 0 Å². The molecule has 0 saturated heterocycles. The van der Waals surface area contributed by atoms with Gasteiger partial charge in [-0.3, -0.25) is 19.2 Å². The minimum absolute atomic E-state index is 0.0472. The van der Waals surface area contributed by atoms with Gasteiger partial charge in [0.15, 0.2) is 5.13 Å². The number of methoxy groups -OCH3 is 1. The third kappa shape index (κ3) is 10.1. The normalized spacial score (nSPS) is 11.7. The lowest BCUT2D eigenvalue weighted by atomic mass is 10.1. The summed E-state index contributed by atoms with van der Waals surface area (Å²) in [4.78, 5) is 55.7. The third-order valence-electron chi connectivity index (χ3n) is 6.16. The standard InChI is InChI=1S/C33H32N4O6S2/c1-4-43-29(38)19-25-20-44-33(35-25)37-30(39)21(2)45-27-16-12-24(13-17-27)34-32(41)28(18-22-10-14-26(42-3)15-11-22)36-31(40)23-8-6-5-7-9-23/h5-18,20-21H,4,19H2,1-3H3,(H,34,41)(H,36,40)(H,35,37,39)/b28-18-. The van der Waals surface area contributed by atoms with Gasteiger partial charge in [0.25, 0.3) is 11.8 Å². The maximum atomic E-state index is 13.3. The van der Waals surface area contributed by atoms with Crippen molar-refractivity contribution in [1.29, 1.82) is 0 Å². The number of benzene rings is 3. The summed E-state index contributed by atoms with van der Waals surface area (Å²) >= 11 is 2.58. The second-order valence-corrected chi connectivity index (χ2v) is 11.8. The van der Waals surface area contributed by atoms with Crippen molar-refractivity contribution in [3.05, 3.63) is 107 Å². The second kappa shape index (κ2) is 16.2. The lowest BCUT2D eigenvalue weighted by Crippen LogP contribution is -2.30. The van der Waals surface area contributed by atoms with Gasteiger partial charge in [0.05, 0.1) is 31.1 Å². The fourth-order valence-electron chi connectivity index (χ4n) is 3.89. The highest BCUT2D eigenvalue weighted by atomic mass is 32.2. The summed E-state index contributed by atoms with van der Waals surface area (Å²) in [5, 5.41) is 9.99. The van der Waals surface area contributed by atoms with Crippen LogP contribution in [0.2, 0.25) is 0 Å². The lowest BCUT2D eigenvalue weighted by Gasteiger charge is -2.13. The van der Waals surface area contributed by atoms with Crippen LogP contribution in [-0.2, 0) is 25.5 Å². The van der Waals surface area contributed by atoms with Crippen molar-refractivity contribution < 1.29 is 28.7 Å². The summed E-state index contributed by atoms with van der Waals surface area (Å²) in [7, 11) is 1.57. The number of ether oxygens (including phenoxy) is 2. The minimum Gasteiger partial charge on any atom is -0.497 e. The fraction of sp³-hybridized carbons (Fsp3) is 0.182. The summed E-state index contributed by atoms with van der Waals surface area (Å²) in [6.07, 6.45) is 1.63. The summed E-state index contributed by atoms with van der Waals surface area (Å²) in [6, 6.07) is 22.7. The predicted molar refractivity (Wildman–Crippen MR) is 176 cm³/mol. The molecule has 4 rings (SSSR count). The van der Waals surface area contributed by atoms with E-state index in [9.17, 15) is 19.2 Å². The molecule has 0 aliphatic carbocycles. The monoisotopic (exact) mass is 644 g/mol. The van der Waals surface area contributed by atoms with E-state index in [-0.39, 0.29) is 24.0 Å². The number of thiazole rings is 1. The van der Waals surface area contributed by atoms with E-state index in [1.807, 2.05) is 0 Å². The number of amides is 3. The van der Waals surface area contributed by atoms with Crippen molar-refractivity contribution in [3.63, 3.8) is 0 Å². The van der Waals surface area contributed by atoms with Gasteiger partial charge >= 0.3 is 5.97 Å². The molecule has 0 radical (unpaired) electrons. The average Bonchev–Trinajstić information content (AvgIpc) is 3.48. The van der Waals surface area contributed by atoms with Crippen LogP contribution < -0.4 is 20.7 Å². The molecule has 0 aliphatic rings. The maximum Gasteiger partial charge on any atom is 0.311 e. The van der Waals surface area contributed by atoms with Crippen LogP contribution in [-0.4, -0.2) is 47.6 Å². The highest BCUT2D eigenvalue weighted by molar-refractivity contribution is 8.00. The van der Waals surface area contributed by atoms with Crippen molar-refractivity contribution in [2.75, 3.05) is 24.4 Å². The molecule has 3 amide bonds. The molecule has 1 aromatic heterocycles. The number of hydrogen-bond acceptors (Lipinski definition) is 9. The van der Waals surface area contributed by atoms with E-state index in [4.69, 9.17) is 9.47 Å². The van der Waals surface area contributed by atoms with Crippen LogP contribution in [0.15, 0.2) is 94.8 Å². The molecule has 0 fully saturated rings. The van der Waals surface area contributed by atoms with Crippen LogP contribution >= 0.6 is 23.1 Å². The van der Waals surface area contributed by atoms with Gasteiger partial charge in [-0.2, -0.15) is 0 Å². The molecule has 3 N–H and O–H groups in total. The first-order chi connectivity index (χ1) is 21.7. The van der Waals surface area contributed by atoms with Crippen molar-refractivity contribution >= 4 is 63.7 Å². The zero-order valence-corrected chi connectivity index (χ0v) is 26.5. The number of nitrogens with zero attached hydrogens (tertiary/aromatic N) is 1. The largest absolute Gasteiger partial charge is 0.497 e. The predicted octanol–water partition coefficient (Wildman–Crippen LogP) is 5.79. The fourth-order valence-corrected chi connectivity index (χ4v) is 5.48. The molecular weight excluding hydrogens is 613 g/mol. The van der Waals surface area contributed by atoms with E-state index in [0.717, 1.165) is 4.90 Å².